The molecule has 1 saturated heterocycles. The first kappa shape index (κ1) is 12.4. The number of hydrogen-bond donors (Lipinski definition) is 2. The Bertz CT molecular complexity index is 315. The van der Waals surface area contributed by atoms with E-state index < -0.39 is 0 Å². The monoisotopic (exact) mass is 233 g/mol. The minimum absolute atomic E-state index is 0.765. The van der Waals surface area contributed by atoms with Gasteiger partial charge in [-0.2, -0.15) is 0 Å². The van der Waals surface area contributed by atoms with E-state index in [1.165, 1.54) is 37.2 Å². The minimum Gasteiger partial charge on any atom is -0.372 e. The third-order valence-corrected chi connectivity index (χ3v) is 3.29. The molecule has 0 aliphatic carbocycles. The van der Waals surface area contributed by atoms with Gasteiger partial charge in [-0.1, -0.05) is 12.1 Å². The van der Waals surface area contributed by atoms with Gasteiger partial charge in [-0.25, -0.2) is 0 Å². The first-order chi connectivity index (χ1) is 8.40. The van der Waals surface area contributed by atoms with Crippen LogP contribution in [0.25, 0.3) is 0 Å². The van der Waals surface area contributed by atoms with Crippen molar-refractivity contribution < 1.29 is 0 Å². The molecule has 1 aliphatic rings. The second kappa shape index (κ2) is 6.62. The van der Waals surface area contributed by atoms with E-state index in [4.69, 9.17) is 5.73 Å². The Labute approximate surface area is 104 Å². The number of nitrogens with two attached hydrogens (primary N) is 1. The summed E-state index contributed by atoms with van der Waals surface area (Å²) in [5.74, 6) is 0. The number of benzene rings is 1. The van der Waals surface area contributed by atoms with E-state index in [-0.39, 0.29) is 0 Å². The van der Waals surface area contributed by atoms with Gasteiger partial charge < -0.3 is 16.0 Å². The molecule has 0 bridgehead atoms. The maximum Gasteiger partial charge on any atom is 0.0366 e. The molecule has 0 radical (unpaired) electrons. The molecule has 1 fully saturated rings. The van der Waals surface area contributed by atoms with Gasteiger partial charge in [0.25, 0.3) is 0 Å². The molecule has 0 atom stereocenters. The van der Waals surface area contributed by atoms with E-state index in [2.05, 4.69) is 34.5 Å². The van der Waals surface area contributed by atoms with Crippen molar-refractivity contribution in [1.29, 1.82) is 0 Å². The van der Waals surface area contributed by atoms with Crippen molar-refractivity contribution in [3.63, 3.8) is 0 Å². The number of nitrogens with zero attached hydrogens (tertiary/aromatic N) is 1. The van der Waals surface area contributed by atoms with Gasteiger partial charge in [-0.15, -0.1) is 0 Å². The molecule has 17 heavy (non-hydrogen) atoms. The molecule has 3 N–H and O–H groups in total. The van der Waals surface area contributed by atoms with E-state index in [0.717, 1.165) is 26.1 Å². The van der Waals surface area contributed by atoms with Gasteiger partial charge in [0.15, 0.2) is 0 Å². The fourth-order valence-electron chi connectivity index (χ4n) is 2.26. The zero-order valence-corrected chi connectivity index (χ0v) is 10.5. The fraction of sp³-hybridized carbons (Fsp3) is 0.571. The van der Waals surface area contributed by atoms with Crippen LogP contribution in [0.4, 0.5) is 5.69 Å². The van der Waals surface area contributed by atoms with Crippen molar-refractivity contribution in [3.8, 4) is 0 Å². The molecule has 1 aromatic carbocycles. The second-order valence-electron chi connectivity index (χ2n) is 4.68. The van der Waals surface area contributed by atoms with E-state index in [1.807, 2.05) is 0 Å². The van der Waals surface area contributed by atoms with Gasteiger partial charge >= 0.3 is 0 Å². The molecule has 0 saturated carbocycles. The van der Waals surface area contributed by atoms with E-state index in [0.29, 0.717) is 0 Å². The van der Waals surface area contributed by atoms with Crippen LogP contribution in [0.15, 0.2) is 24.3 Å². The highest BCUT2D eigenvalue weighted by atomic mass is 15.1. The minimum atomic E-state index is 0.765. The van der Waals surface area contributed by atoms with Crippen molar-refractivity contribution in [3.05, 3.63) is 29.8 Å². The lowest BCUT2D eigenvalue weighted by Gasteiger charge is -2.17. The van der Waals surface area contributed by atoms with Crippen LogP contribution in [-0.4, -0.2) is 26.2 Å². The first-order valence-corrected chi connectivity index (χ1v) is 6.65. The van der Waals surface area contributed by atoms with Crippen molar-refractivity contribution in [1.82, 2.24) is 5.32 Å². The van der Waals surface area contributed by atoms with Crippen molar-refractivity contribution in [2.75, 3.05) is 31.1 Å². The molecule has 1 heterocycles. The maximum atomic E-state index is 5.45. The Hall–Kier alpha value is -1.06. The normalized spacial score (nSPS) is 15.5. The lowest BCUT2D eigenvalue weighted by Crippen LogP contribution is -2.19. The van der Waals surface area contributed by atoms with Crippen LogP contribution in [0.2, 0.25) is 0 Å². The van der Waals surface area contributed by atoms with Crippen LogP contribution in [0.1, 0.15) is 24.8 Å². The summed E-state index contributed by atoms with van der Waals surface area (Å²) in [6.45, 7) is 5.15. The number of nitrogens with one attached hydrogen (secondary N) is 1. The molecule has 0 aromatic heterocycles. The molecule has 0 unspecified atom stereocenters. The van der Waals surface area contributed by atoms with Crippen molar-refractivity contribution >= 4 is 5.69 Å². The number of hydrogen-bond acceptors (Lipinski definition) is 3. The van der Waals surface area contributed by atoms with Gasteiger partial charge in [-0.3, -0.25) is 0 Å². The summed E-state index contributed by atoms with van der Waals surface area (Å²) in [6, 6.07) is 8.93. The van der Waals surface area contributed by atoms with Gasteiger partial charge in [0.05, 0.1) is 0 Å². The van der Waals surface area contributed by atoms with Crippen LogP contribution in [0.5, 0.6) is 0 Å². The SMILES string of the molecule is NCCCNCc1ccc(N2CCCC2)cc1. The summed E-state index contributed by atoms with van der Waals surface area (Å²) in [5.41, 5.74) is 8.17. The Balaban J connectivity index is 1.80. The highest BCUT2D eigenvalue weighted by Gasteiger charge is 2.11. The Morgan fingerprint density at radius 1 is 1.12 bits per heavy atom. The third-order valence-electron chi connectivity index (χ3n) is 3.29. The largest absolute Gasteiger partial charge is 0.372 e. The third kappa shape index (κ3) is 3.72. The summed E-state index contributed by atoms with van der Waals surface area (Å²) in [7, 11) is 0. The summed E-state index contributed by atoms with van der Waals surface area (Å²) < 4.78 is 0. The number of anilines is 1. The lowest BCUT2D eigenvalue weighted by molar-refractivity contribution is 0.655. The quantitative estimate of drug-likeness (QED) is 0.735. The maximum absolute atomic E-state index is 5.45. The van der Waals surface area contributed by atoms with Crippen LogP contribution in [0.3, 0.4) is 0 Å². The van der Waals surface area contributed by atoms with Crippen molar-refractivity contribution in [2.45, 2.75) is 25.8 Å². The lowest BCUT2D eigenvalue weighted by atomic mass is 10.2. The molecule has 0 amide bonds. The standard InChI is InChI=1S/C14H23N3/c15-8-3-9-16-12-13-4-6-14(7-5-13)17-10-1-2-11-17/h4-7,16H,1-3,8-12,15H2. The molecule has 0 spiro atoms. The second-order valence-corrected chi connectivity index (χ2v) is 4.68. The zero-order chi connectivity index (χ0) is 11.9. The van der Waals surface area contributed by atoms with Crippen LogP contribution in [-0.2, 0) is 6.54 Å². The summed E-state index contributed by atoms with van der Waals surface area (Å²) in [5, 5.41) is 3.40. The molecule has 2 rings (SSSR count). The average Bonchev–Trinajstić information content (AvgIpc) is 2.89. The van der Waals surface area contributed by atoms with Gasteiger partial charge in [0.1, 0.15) is 0 Å². The molecule has 94 valence electrons. The predicted molar refractivity (Wildman–Crippen MR) is 73.3 cm³/mol. The van der Waals surface area contributed by atoms with E-state index >= 15 is 0 Å². The van der Waals surface area contributed by atoms with Gasteiger partial charge in [-0.05, 0) is 50.0 Å². The fourth-order valence-corrected chi connectivity index (χ4v) is 2.26. The molecule has 1 aliphatic heterocycles. The molecule has 1 aromatic rings. The van der Waals surface area contributed by atoms with Gasteiger partial charge in [0.2, 0.25) is 0 Å². The van der Waals surface area contributed by atoms with E-state index in [1.54, 1.807) is 0 Å². The molecular formula is C14H23N3. The summed E-state index contributed by atoms with van der Waals surface area (Å²) >= 11 is 0. The highest BCUT2D eigenvalue weighted by molar-refractivity contribution is 5.48. The average molecular weight is 233 g/mol. The smallest absolute Gasteiger partial charge is 0.0366 e. The molecular weight excluding hydrogens is 210 g/mol. The Morgan fingerprint density at radius 2 is 1.82 bits per heavy atom. The van der Waals surface area contributed by atoms with Crippen molar-refractivity contribution in [2.24, 2.45) is 5.73 Å². The summed E-state index contributed by atoms with van der Waals surface area (Å²) in [4.78, 5) is 2.46. The molecule has 3 nitrogen and oxygen atoms in total. The highest BCUT2D eigenvalue weighted by Crippen LogP contribution is 2.20. The predicted octanol–water partition coefficient (Wildman–Crippen LogP) is 1.73. The first-order valence-electron chi connectivity index (χ1n) is 6.65. The summed E-state index contributed by atoms with van der Waals surface area (Å²) in [6.07, 6.45) is 3.72. The van der Waals surface area contributed by atoms with Crippen LogP contribution < -0.4 is 16.0 Å². The van der Waals surface area contributed by atoms with Crippen LogP contribution >= 0.6 is 0 Å². The Kier molecular flexibility index (Phi) is 4.83. The Morgan fingerprint density at radius 3 is 2.47 bits per heavy atom. The topological polar surface area (TPSA) is 41.3 Å². The van der Waals surface area contributed by atoms with Crippen LogP contribution in [0, 0.1) is 0 Å². The zero-order valence-electron chi connectivity index (χ0n) is 10.5. The van der Waals surface area contributed by atoms with E-state index in [9.17, 15) is 0 Å². The number of rotatable bonds is 6. The van der Waals surface area contributed by atoms with Gasteiger partial charge in [0, 0.05) is 25.3 Å². The molecule has 3 heteroatoms.